The Balaban J connectivity index is 1.37. The van der Waals surface area contributed by atoms with E-state index < -0.39 is 44.3 Å². The molecule has 5 rings (SSSR count). The number of carbonyl (C=O) groups excluding carboxylic acids is 3. The number of hydrogen-bond acceptors (Lipinski definition) is 10. The molecular weight excluding hydrogens is 598 g/mol. The molecule has 1 saturated heterocycles. The van der Waals surface area contributed by atoms with Gasteiger partial charge in [-0.3, -0.25) is 38.4 Å². The molecule has 4 aromatic rings. The summed E-state index contributed by atoms with van der Waals surface area (Å²) in [6.45, 7) is 1.11. The molecule has 15 heteroatoms. The van der Waals surface area contributed by atoms with E-state index in [0.29, 0.717) is 11.1 Å². The number of pyridine rings is 1. The van der Waals surface area contributed by atoms with E-state index in [2.05, 4.69) is 15.0 Å². The topological polar surface area (TPSA) is 176 Å². The Morgan fingerprint density at radius 3 is 2.49 bits per heavy atom. The van der Waals surface area contributed by atoms with Crippen LogP contribution in [0.15, 0.2) is 81.3 Å². The Bertz CT molecular complexity index is 1970. The summed E-state index contributed by atoms with van der Waals surface area (Å²) < 4.78 is 35.7. The van der Waals surface area contributed by atoms with Crippen molar-refractivity contribution in [1.29, 1.82) is 0 Å². The van der Waals surface area contributed by atoms with Crippen LogP contribution in [0.1, 0.15) is 18.1 Å². The molecule has 0 aliphatic carbocycles. The molecule has 1 fully saturated rings. The van der Waals surface area contributed by atoms with Gasteiger partial charge in [0.05, 0.1) is 28.7 Å². The van der Waals surface area contributed by atoms with Gasteiger partial charge in [-0.15, -0.1) is 0 Å². The van der Waals surface area contributed by atoms with Gasteiger partial charge in [0.25, 0.3) is 20.8 Å². The molecule has 222 valence electrons. The highest BCUT2D eigenvalue weighted by molar-refractivity contribution is 8.15. The fraction of sp³-hybridized carbons (Fsp3) is 0.214. The minimum atomic E-state index is -4.02. The number of aromatic nitrogens is 3. The molecule has 0 radical (unpaired) electrons. The molecule has 43 heavy (non-hydrogen) atoms. The molecule has 1 atom stereocenters. The van der Waals surface area contributed by atoms with Gasteiger partial charge in [0.2, 0.25) is 5.91 Å². The number of hydrogen-bond donors (Lipinski definition) is 2. The number of anilines is 1. The second-order valence-electron chi connectivity index (χ2n) is 9.48. The number of amides is 2. The molecule has 0 spiro atoms. The Hall–Kier alpha value is -4.76. The average Bonchev–Trinajstić information content (AvgIpc) is 3.29. The van der Waals surface area contributed by atoms with Gasteiger partial charge in [-0.1, -0.05) is 36.0 Å². The molecule has 2 N–H and O–H groups in total. The number of nitrogens with one attached hydrogen (secondary N) is 2. The molecule has 2 amide bonds. The van der Waals surface area contributed by atoms with Crippen LogP contribution >= 0.6 is 11.8 Å². The number of ether oxygens (including phenoxy) is 1. The SMILES string of the molecule is CCOC(=O)Cn1c(=O)n(Cc2cccc(NS(=O)(=O)c3ccc(CC4SC(=O)NC4=O)cc3)c2)c(=O)c2cccnc21. The van der Waals surface area contributed by atoms with Crippen molar-refractivity contribution in [3.63, 3.8) is 0 Å². The quantitative estimate of drug-likeness (QED) is 0.248. The van der Waals surface area contributed by atoms with E-state index >= 15 is 0 Å². The van der Waals surface area contributed by atoms with Gasteiger partial charge in [0, 0.05) is 11.9 Å². The zero-order valence-electron chi connectivity index (χ0n) is 22.7. The van der Waals surface area contributed by atoms with E-state index in [-0.39, 0.29) is 47.1 Å². The number of imide groups is 1. The second-order valence-corrected chi connectivity index (χ2v) is 12.3. The second kappa shape index (κ2) is 12.2. The summed E-state index contributed by atoms with van der Waals surface area (Å²) in [7, 11) is -4.02. The Morgan fingerprint density at radius 2 is 1.79 bits per heavy atom. The van der Waals surface area contributed by atoms with E-state index in [1.165, 1.54) is 36.5 Å². The summed E-state index contributed by atoms with van der Waals surface area (Å²) in [5.41, 5.74) is -0.00429. The zero-order chi connectivity index (χ0) is 30.7. The van der Waals surface area contributed by atoms with Gasteiger partial charge in [0.1, 0.15) is 12.2 Å². The zero-order valence-corrected chi connectivity index (χ0v) is 24.3. The first-order valence-electron chi connectivity index (χ1n) is 13.0. The monoisotopic (exact) mass is 623 g/mol. The van der Waals surface area contributed by atoms with E-state index in [0.717, 1.165) is 20.9 Å². The maximum absolute atomic E-state index is 13.3. The van der Waals surface area contributed by atoms with Crippen LogP contribution < -0.4 is 21.3 Å². The van der Waals surface area contributed by atoms with E-state index in [9.17, 15) is 32.4 Å². The van der Waals surface area contributed by atoms with E-state index in [1.54, 1.807) is 37.3 Å². The van der Waals surface area contributed by atoms with Crippen LogP contribution in [-0.2, 0) is 43.9 Å². The highest BCUT2D eigenvalue weighted by Crippen LogP contribution is 2.24. The van der Waals surface area contributed by atoms with Crippen LogP contribution in [0.4, 0.5) is 10.5 Å². The maximum Gasteiger partial charge on any atom is 0.333 e. The van der Waals surface area contributed by atoms with Crippen LogP contribution in [0.2, 0.25) is 0 Å². The number of nitrogens with zero attached hydrogens (tertiary/aromatic N) is 3. The summed E-state index contributed by atoms with van der Waals surface area (Å²) in [4.78, 5) is 66.1. The number of benzene rings is 2. The number of fused-ring (bicyclic) bond motifs is 1. The van der Waals surface area contributed by atoms with Gasteiger partial charge in [-0.05, 0) is 60.9 Å². The molecule has 2 aromatic carbocycles. The standard InChI is InChI=1S/C28H25N5O8S2/c1-2-41-23(34)16-32-24-21(7-4-12-29-24)26(36)33(28(32)38)15-18-5-3-6-19(13-18)31-43(39,40)20-10-8-17(9-11-20)14-22-25(35)30-27(37)42-22/h3-13,22,31H,2,14-16H2,1H3,(H,30,35,37). The van der Waals surface area contributed by atoms with Crippen molar-refractivity contribution in [2.24, 2.45) is 0 Å². The fourth-order valence-corrected chi connectivity index (χ4v) is 6.45. The lowest BCUT2D eigenvalue weighted by molar-refractivity contribution is -0.143. The maximum atomic E-state index is 13.3. The molecule has 1 aliphatic rings. The third-order valence-corrected chi connectivity index (χ3v) is 8.89. The van der Waals surface area contributed by atoms with Crippen molar-refractivity contribution >= 4 is 55.6 Å². The number of esters is 1. The first-order valence-corrected chi connectivity index (χ1v) is 15.4. The minimum absolute atomic E-state index is 0.0265. The largest absolute Gasteiger partial charge is 0.465 e. The fourth-order valence-electron chi connectivity index (χ4n) is 4.54. The van der Waals surface area contributed by atoms with E-state index in [1.807, 2.05) is 0 Å². The lowest BCUT2D eigenvalue weighted by Gasteiger charge is -2.14. The Labute approximate surface area is 248 Å². The highest BCUT2D eigenvalue weighted by Gasteiger charge is 2.31. The predicted molar refractivity (Wildman–Crippen MR) is 158 cm³/mol. The third kappa shape index (κ3) is 6.52. The molecule has 13 nitrogen and oxygen atoms in total. The normalized spacial score (nSPS) is 15.0. The molecule has 1 aliphatic heterocycles. The first-order chi connectivity index (χ1) is 20.6. The number of thioether (sulfide) groups is 1. The summed E-state index contributed by atoms with van der Waals surface area (Å²) in [6, 6.07) is 15.2. The minimum Gasteiger partial charge on any atom is -0.465 e. The first kappa shape index (κ1) is 29.7. The van der Waals surface area contributed by atoms with Crippen LogP contribution in [0.3, 0.4) is 0 Å². The van der Waals surface area contributed by atoms with Gasteiger partial charge in [0.15, 0.2) is 0 Å². The molecular formula is C28H25N5O8S2. The van der Waals surface area contributed by atoms with Crippen molar-refractivity contribution in [3.05, 3.63) is 98.8 Å². The van der Waals surface area contributed by atoms with Crippen molar-refractivity contribution < 1.29 is 27.5 Å². The number of rotatable bonds is 10. The van der Waals surface area contributed by atoms with Crippen LogP contribution in [0.5, 0.6) is 0 Å². The van der Waals surface area contributed by atoms with Crippen molar-refractivity contribution in [3.8, 4) is 0 Å². The average molecular weight is 624 g/mol. The van der Waals surface area contributed by atoms with Gasteiger partial charge in [-0.25, -0.2) is 18.2 Å². The molecule has 2 aromatic heterocycles. The van der Waals surface area contributed by atoms with Crippen LogP contribution in [-0.4, -0.2) is 51.5 Å². The van der Waals surface area contributed by atoms with Gasteiger partial charge >= 0.3 is 11.7 Å². The van der Waals surface area contributed by atoms with Crippen molar-refractivity contribution in [1.82, 2.24) is 19.4 Å². The predicted octanol–water partition coefficient (Wildman–Crippen LogP) is 1.86. The molecule has 1 unspecified atom stereocenters. The summed E-state index contributed by atoms with van der Waals surface area (Å²) in [5.74, 6) is -1.04. The number of sulfonamides is 1. The van der Waals surface area contributed by atoms with Gasteiger partial charge in [-0.2, -0.15) is 0 Å². The summed E-state index contributed by atoms with van der Waals surface area (Å²) in [5, 5.41) is 1.36. The summed E-state index contributed by atoms with van der Waals surface area (Å²) in [6.07, 6.45) is 1.68. The third-order valence-electron chi connectivity index (χ3n) is 6.51. The van der Waals surface area contributed by atoms with Crippen molar-refractivity contribution in [2.45, 2.75) is 36.6 Å². The lowest BCUT2D eigenvalue weighted by Crippen LogP contribution is -2.41. The smallest absolute Gasteiger partial charge is 0.333 e. The van der Waals surface area contributed by atoms with Crippen LogP contribution in [0.25, 0.3) is 11.0 Å². The summed E-state index contributed by atoms with van der Waals surface area (Å²) >= 11 is 0.893. The lowest BCUT2D eigenvalue weighted by atomic mass is 10.1. The number of carbonyl (C=O) groups is 3. The molecule has 0 saturated carbocycles. The molecule has 0 bridgehead atoms. The Kier molecular flexibility index (Phi) is 8.45. The van der Waals surface area contributed by atoms with Crippen LogP contribution in [0, 0.1) is 0 Å². The molecule has 3 heterocycles. The van der Waals surface area contributed by atoms with Crippen molar-refractivity contribution in [2.75, 3.05) is 11.3 Å². The van der Waals surface area contributed by atoms with Gasteiger partial charge < -0.3 is 4.74 Å². The highest BCUT2D eigenvalue weighted by atomic mass is 32.2. The van der Waals surface area contributed by atoms with E-state index in [4.69, 9.17) is 4.74 Å². The Morgan fingerprint density at radius 1 is 1.02 bits per heavy atom.